The van der Waals surface area contributed by atoms with Crippen LogP contribution < -0.4 is 0 Å². The Morgan fingerprint density at radius 2 is 1.89 bits per heavy atom. The summed E-state index contributed by atoms with van der Waals surface area (Å²) < 4.78 is 5.56. The number of rotatable bonds is 9. The Labute approximate surface area is 117 Å². The van der Waals surface area contributed by atoms with Crippen molar-refractivity contribution in [2.24, 2.45) is 11.3 Å². The highest BCUT2D eigenvalue weighted by Gasteiger charge is 2.41. The van der Waals surface area contributed by atoms with E-state index in [0.29, 0.717) is 13.0 Å². The lowest BCUT2D eigenvalue weighted by atomic mass is 9.68. The lowest BCUT2D eigenvalue weighted by Gasteiger charge is -2.36. The van der Waals surface area contributed by atoms with E-state index in [1.807, 2.05) is 0 Å². The number of hydrogen-bond donors (Lipinski definition) is 1. The molecule has 0 amide bonds. The van der Waals surface area contributed by atoms with Crippen molar-refractivity contribution < 1.29 is 14.6 Å². The maximum Gasteiger partial charge on any atom is 0.309 e. The Morgan fingerprint density at radius 1 is 1.21 bits per heavy atom. The second-order valence-electron chi connectivity index (χ2n) is 6.03. The average Bonchev–Trinajstić information content (AvgIpc) is 2.40. The van der Waals surface area contributed by atoms with Crippen molar-refractivity contribution in [3.8, 4) is 0 Å². The Bertz CT molecular complexity index is 255. The van der Waals surface area contributed by atoms with E-state index in [-0.39, 0.29) is 0 Å². The molecule has 3 nitrogen and oxygen atoms in total. The number of unbranched alkanes of at least 4 members (excludes halogenated alkanes) is 1. The lowest BCUT2D eigenvalue weighted by molar-refractivity contribution is -0.153. The zero-order valence-corrected chi connectivity index (χ0v) is 12.6. The van der Waals surface area contributed by atoms with Gasteiger partial charge in [0.1, 0.15) is 0 Å². The fourth-order valence-electron chi connectivity index (χ4n) is 3.11. The van der Waals surface area contributed by atoms with E-state index < -0.39 is 11.4 Å². The monoisotopic (exact) mass is 270 g/mol. The van der Waals surface area contributed by atoms with Gasteiger partial charge >= 0.3 is 5.97 Å². The van der Waals surface area contributed by atoms with E-state index in [1.165, 1.54) is 12.8 Å². The van der Waals surface area contributed by atoms with Gasteiger partial charge in [0.2, 0.25) is 0 Å². The van der Waals surface area contributed by atoms with Gasteiger partial charge in [-0.05, 0) is 44.4 Å². The predicted octanol–water partition coefficient (Wildman–Crippen LogP) is 4.25. The summed E-state index contributed by atoms with van der Waals surface area (Å²) in [5.74, 6) is 0.139. The normalized spacial score (nSPS) is 27.4. The molecule has 0 bridgehead atoms. The number of aliphatic carboxylic acids is 1. The van der Waals surface area contributed by atoms with Crippen molar-refractivity contribution in [3.63, 3.8) is 0 Å². The lowest BCUT2D eigenvalue weighted by Crippen LogP contribution is -2.36. The van der Waals surface area contributed by atoms with Crippen molar-refractivity contribution in [2.45, 2.75) is 71.6 Å². The summed E-state index contributed by atoms with van der Waals surface area (Å²) in [7, 11) is 0. The second kappa shape index (κ2) is 8.57. The first-order valence-electron chi connectivity index (χ1n) is 7.95. The molecule has 0 saturated heterocycles. The summed E-state index contributed by atoms with van der Waals surface area (Å²) >= 11 is 0. The SMILES string of the molecule is CCCCOCCC1(C(=O)O)CCC(CCC)CC1. The van der Waals surface area contributed by atoms with Crippen molar-refractivity contribution in [1.29, 1.82) is 0 Å². The smallest absolute Gasteiger partial charge is 0.309 e. The molecule has 1 rings (SSSR count). The first-order chi connectivity index (χ1) is 9.14. The number of hydrogen-bond acceptors (Lipinski definition) is 2. The van der Waals surface area contributed by atoms with Gasteiger partial charge < -0.3 is 9.84 Å². The Morgan fingerprint density at radius 3 is 2.42 bits per heavy atom. The summed E-state index contributed by atoms with van der Waals surface area (Å²) in [6, 6.07) is 0. The van der Waals surface area contributed by atoms with Crippen LogP contribution in [0.5, 0.6) is 0 Å². The largest absolute Gasteiger partial charge is 0.481 e. The Balaban J connectivity index is 2.37. The van der Waals surface area contributed by atoms with E-state index >= 15 is 0 Å². The minimum Gasteiger partial charge on any atom is -0.481 e. The number of carboxylic acids is 1. The molecule has 0 spiro atoms. The van der Waals surface area contributed by atoms with E-state index in [4.69, 9.17) is 4.74 Å². The molecule has 19 heavy (non-hydrogen) atoms. The van der Waals surface area contributed by atoms with Crippen LogP contribution in [0, 0.1) is 11.3 Å². The molecule has 0 aliphatic heterocycles. The quantitative estimate of drug-likeness (QED) is 0.637. The maximum absolute atomic E-state index is 11.6. The van der Waals surface area contributed by atoms with Crippen LogP contribution in [0.1, 0.15) is 71.6 Å². The Kier molecular flexibility index (Phi) is 7.44. The summed E-state index contributed by atoms with van der Waals surface area (Å²) in [5.41, 5.74) is -0.504. The summed E-state index contributed by atoms with van der Waals surface area (Å²) in [4.78, 5) is 11.6. The summed E-state index contributed by atoms with van der Waals surface area (Å²) in [6.45, 7) is 5.72. The van der Waals surface area contributed by atoms with Crippen LogP contribution in [0.3, 0.4) is 0 Å². The number of carboxylic acid groups (broad SMARTS) is 1. The van der Waals surface area contributed by atoms with Crippen LogP contribution in [-0.2, 0) is 9.53 Å². The molecule has 0 aromatic heterocycles. The van der Waals surface area contributed by atoms with Gasteiger partial charge in [-0.2, -0.15) is 0 Å². The van der Waals surface area contributed by atoms with Crippen molar-refractivity contribution in [1.82, 2.24) is 0 Å². The summed E-state index contributed by atoms with van der Waals surface area (Å²) in [6.07, 6.45) is 9.18. The summed E-state index contributed by atoms with van der Waals surface area (Å²) in [5, 5.41) is 9.55. The Hall–Kier alpha value is -0.570. The minimum absolute atomic E-state index is 0.504. The number of ether oxygens (including phenoxy) is 1. The fourth-order valence-corrected chi connectivity index (χ4v) is 3.11. The molecule has 1 aliphatic carbocycles. The van der Waals surface area contributed by atoms with Gasteiger partial charge in [0.05, 0.1) is 5.41 Å². The first kappa shape index (κ1) is 16.5. The second-order valence-corrected chi connectivity index (χ2v) is 6.03. The molecule has 3 heteroatoms. The van der Waals surface area contributed by atoms with Crippen LogP contribution in [0.4, 0.5) is 0 Å². The van der Waals surface area contributed by atoms with Gasteiger partial charge in [-0.1, -0.05) is 33.1 Å². The topological polar surface area (TPSA) is 46.5 Å². The highest BCUT2D eigenvalue weighted by molar-refractivity contribution is 5.74. The van der Waals surface area contributed by atoms with Crippen LogP contribution in [0.2, 0.25) is 0 Å². The molecule has 0 atom stereocenters. The maximum atomic E-state index is 11.6. The van der Waals surface area contributed by atoms with Crippen molar-refractivity contribution in [2.75, 3.05) is 13.2 Å². The minimum atomic E-state index is -0.610. The highest BCUT2D eigenvalue weighted by atomic mass is 16.5. The standard InChI is InChI=1S/C16H30O3/c1-3-5-12-19-13-11-16(15(17)18)9-7-14(6-4-2)8-10-16/h14H,3-13H2,1-2H3,(H,17,18). The van der Waals surface area contributed by atoms with E-state index in [9.17, 15) is 9.90 Å². The number of carbonyl (C=O) groups is 1. The van der Waals surface area contributed by atoms with Gasteiger partial charge in [-0.25, -0.2) is 0 Å². The molecule has 0 heterocycles. The third kappa shape index (κ3) is 5.13. The third-order valence-corrected chi connectivity index (χ3v) is 4.58. The van der Waals surface area contributed by atoms with E-state index in [0.717, 1.165) is 51.0 Å². The molecule has 1 saturated carbocycles. The molecule has 0 aromatic carbocycles. The average molecular weight is 270 g/mol. The van der Waals surface area contributed by atoms with Crippen LogP contribution in [0.25, 0.3) is 0 Å². The van der Waals surface area contributed by atoms with E-state index in [1.54, 1.807) is 0 Å². The molecule has 1 fully saturated rings. The van der Waals surface area contributed by atoms with Gasteiger partial charge in [0.25, 0.3) is 0 Å². The molecular weight excluding hydrogens is 240 g/mol. The van der Waals surface area contributed by atoms with Gasteiger partial charge in [0, 0.05) is 13.2 Å². The van der Waals surface area contributed by atoms with Gasteiger partial charge in [0.15, 0.2) is 0 Å². The van der Waals surface area contributed by atoms with E-state index in [2.05, 4.69) is 13.8 Å². The molecule has 0 radical (unpaired) electrons. The fraction of sp³-hybridized carbons (Fsp3) is 0.938. The predicted molar refractivity (Wildman–Crippen MR) is 77.3 cm³/mol. The van der Waals surface area contributed by atoms with Gasteiger partial charge in [-0.3, -0.25) is 4.79 Å². The highest BCUT2D eigenvalue weighted by Crippen LogP contribution is 2.43. The van der Waals surface area contributed by atoms with Crippen molar-refractivity contribution >= 4 is 5.97 Å². The first-order valence-corrected chi connectivity index (χ1v) is 7.95. The molecule has 1 N–H and O–H groups in total. The van der Waals surface area contributed by atoms with Crippen LogP contribution in [0.15, 0.2) is 0 Å². The van der Waals surface area contributed by atoms with Crippen molar-refractivity contribution in [3.05, 3.63) is 0 Å². The molecular formula is C16H30O3. The zero-order valence-electron chi connectivity index (χ0n) is 12.6. The van der Waals surface area contributed by atoms with Crippen LogP contribution in [-0.4, -0.2) is 24.3 Å². The molecule has 0 unspecified atom stereocenters. The third-order valence-electron chi connectivity index (χ3n) is 4.58. The molecule has 112 valence electrons. The molecule has 0 aromatic rings. The van der Waals surface area contributed by atoms with Crippen LogP contribution >= 0.6 is 0 Å². The van der Waals surface area contributed by atoms with Gasteiger partial charge in [-0.15, -0.1) is 0 Å². The zero-order chi connectivity index (χ0) is 14.1. The molecule has 1 aliphatic rings.